The maximum atomic E-state index is 9.82. The third-order valence-corrected chi connectivity index (χ3v) is 12.8. The summed E-state index contributed by atoms with van der Waals surface area (Å²) in [7, 11) is 0. The van der Waals surface area contributed by atoms with Crippen molar-refractivity contribution < 1.29 is 7.48 Å². The Labute approximate surface area is 374 Å². The molecule has 0 aliphatic carbocycles. The van der Waals surface area contributed by atoms with E-state index in [0.29, 0.717) is 15.6 Å². The van der Waals surface area contributed by atoms with E-state index in [2.05, 4.69) is 190 Å². The first-order valence-electron chi connectivity index (χ1n) is 23.0. The van der Waals surface area contributed by atoms with Gasteiger partial charge >= 0.3 is 0 Å². The molecule has 310 valence electrons. The van der Waals surface area contributed by atoms with Crippen molar-refractivity contribution in [2.75, 3.05) is 6.67 Å². The van der Waals surface area contributed by atoms with Gasteiger partial charge in [0, 0.05) is 54.6 Å². The number of ether oxygens (including phenoxy) is 1. The average Bonchev–Trinajstić information content (AvgIpc) is 3.90. The van der Waals surface area contributed by atoms with Gasteiger partial charge in [-0.15, -0.1) is 0 Å². The van der Waals surface area contributed by atoms with Gasteiger partial charge in [-0.3, -0.25) is 13.5 Å². The van der Waals surface area contributed by atoms with Gasteiger partial charge in [0.05, 0.1) is 17.7 Å². The fraction of sp³-hybridized carbons (Fsp3) is 0.172. The third-order valence-electron chi connectivity index (χ3n) is 12.8. The summed E-state index contributed by atoms with van der Waals surface area (Å²) in [4.78, 5) is 4.89. The number of pyridine rings is 1. The molecule has 0 radical (unpaired) electrons. The van der Waals surface area contributed by atoms with Gasteiger partial charge in [0.1, 0.15) is 28.7 Å². The zero-order chi connectivity index (χ0) is 44.9. The van der Waals surface area contributed by atoms with E-state index in [1.54, 1.807) is 0 Å². The Morgan fingerprint density at radius 1 is 0.603 bits per heavy atom. The van der Waals surface area contributed by atoms with E-state index in [-0.39, 0.29) is 5.41 Å². The smallest absolute Gasteiger partial charge is 0.186 e. The van der Waals surface area contributed by atoms with E-state index >= 15 is 0 Å². The standard InChI is InChI=1S/C58H53N4O/c1-57(2,3)37-42-22-15-29-53-55(42)62(56-47(40-18-9-7-10-19-40)26-17-27-48(56)41-20-11-8-12-21-41)38-61(53,39-62)44-23-16-24-45(35-44)63-46-30-31-50-49-25-13-14-28-51(49)60(52(50)36-46)54-34-43(32-33-59-54)58(4,5)6/h7-36,38H,37,39H2,1-6H3/q+1/t61-,62-/m1/s1/i37D2. The Kier molecular flexibility index (Phi) is 8.41. The van der Waals surface area contributed by atoms with Gasteiger partial charge in [-0.1, -0.05) is 145 Å². The summed E-state index contributed by atoms with van der Waals surface area (Å²) < 4.78 is 29.6. The zero-order valence-corrected chi connectivity index (χ0v) is 36.8. The highest BCUT2D eigenvalue weighted by Crippen LogP contribution is 2.68. The van der Waals surface area contributed by atoms with E-state index in [9.17, 15) is 2.74 Å². The fourth-order valence-corrected chi connectivity index (χ4v) is 10.1. The molecule has 0 amide bonds. The highest BCUT2D eigenvalue weighted by Gasteiger charge is 2.65. The van der Waals surface area contributed by atoms with Gasteiger partial charge in [0.25, 0.3) is 0 Å². The van der Waals surface area contributed by atoms with Crippen LogP contribution in [0.1, 0.15) is 55.4 Å². The number of aromatic nitrogens is 2. The SMILES string of the molecule is [2H]C([2H])(c1cccc2c1[N@@+]1(c3c(-c4ccccc4)cccc3-c3ccccc3)[CH-][N@+]2(c2cccc(Oc3ccc4c5ccccc5n(-c5cc(C(C)(C)C)ccn5)c4c3)c2)C1)C(C)(C)C. The van der Waals surface area contributed by atoms with Gasteiger partial charge in [-0.2, -0.15) is 0 Å². The minimum absolute atomic E-state index is 0.0286. The van der Waals surface area contributed by atoms with Gasteiger partial charge < -0.3 is 4.74 Å². The Hall–Kier alpha value is -6.79. The first kappa shape index (κ1) is 36.8. The first-order chi connectivity index (χ1) is 31.2. The van der Waals surface area contributed by atoms with Crippen LogP contribution in [-0.2, 0) is 11.8 Å². The number of fused-ring (bicyclic) bond motifs is 3. The molecule has 12 rings (SSSR count). The van der Waals surface area contributed by atoms with Crippen LogP contribution in [0.2, 0.25) is 0 Å². The first-order valence-corrected chi connectivity index (χ1v) is 22.0. The molecule has 7 aromatic carbocycles. The second-order valence-corrected chi connectivity index (χ2v) is 19.3. The number of quaternary nitrogens is 2. The van der Waals surface area contributed by atoms with Crippen molar-refractivity contribution in [2.24, 2.45) is 5.41 Å². The zero-order valence-electron chi connectivity index (χ0n) is 38.8. The summed E-state index contributed by atoms with van der Waals surface area (Å²) in [5.41, 5.74) is 12.2. The second-order valence-electron chi connectivity index (χ2n) is 19.3. The lowest BCUT2D eigenvalue weighted by atomic mass is 9.86. The number of rotatable bonds is 8. The monoisotopic (exact) mass is 823 g/mol. The molecule has 3 aliphatic heterocycles. The number of hydrogen-bond acceptors (Lipinski definition) is 2. The molecule has 1 saturated heterocycles. The number of para-hydroxylation sites is 3. The molecule has 0 spiro atoms. The van der Waals surface area contributed by atoms with Gasteiger partial charge in [0.2, 0.25) is 0 Å². The largest absolute Gasteiger partial charge is 0.457 e. The number of nitrogens with zero attached hydrogens (tertiary/aromatic N) is 4. The molecule has 5 heteroatoms. The topological polar surface area (TPSA) is 27.1 Å². The summed E-state index contributed by atoms with van der Waals surface area (Å²) >= 11 is 0. The molecule has 2 aromatic heterocycles. The highest BCUT2D eigenvalue weighted by atomic mass is 16.5. The van der Waals surface area contributed by atoms with Crippen LogP contribution in [-0.4, -0.2) is 16.2 Å². The van der Waals surface area contributed by atoms with E-state index in [4.69, 9.17) is 9.72 Å². The van der Waals surface area contributed by atoms with Crippen LogP contribution >= 0.6 is 0 Å². The van der Waals surface area contributed by atoms with Crippen molar-refractivity contribution in [3.63, 3.8) is 0 Å². The van der Waals surface area contributed by atoms with Crippen molar-refractivity contribution in [1.82, 2.24) is 18.5 Å². The quantitative estimate of drug-likeness (QED) is 0.113. The summed E-state index contributed by atoms with van der Waals surface area (Å²) in [5.74, 6) is 2.34. The normalized spacial score (nSPS) is 18.8. The molecule has 3 aliphatic rings. The van der Waals surface area contributed by atoms with E-state index < -0.39 is 11.8 Å². The van der Waals surface area contributed by atoms with Crippen LogP contribution < -0.4 is 13.7 Å². The molecule has 2 atom stereocenters. The molecule has 1 fully saturated rings. The lowest BCUT2D eigenvalue weighted by Gasteiger charge is -2.57. The van der Waals surface area contributed by atoms with E-state index in [1.807, 2.05) is 45.2 Å². The number of benzene rings is 7. The molecule has 5 nitrogen and oxygen atoms in total. The third kappa shape index (κ3) is 6.41. The van der Waals surface area contributed by atoms with Crippen LogP contribution in [0.3, 0.4) is 0 Å². The second kappa shape index (κ2) is 14.4. The molecule has 0 unspecified atom stereocenters. The molecular weight excluding hydrogens is 769 g/mol. The molecule has 0 N–H and O–H groups in total. The van der Waals surface area contributed by atoms with Crippen LogP contribution in [0.5, 0.6) is 11.5 Å². The molecular formula is C58H53N4O+. The lowest BCUT2D eigenvalue weighted by molar-refractivity contribution is 0.187. The summed E-state index contributed by atoms with van der Waals surface area (Å²) in [6, 6.07) is 61.8. The molecule has 2 bridgehead atoms. The van der Waals surface area contributed by atoms with Gasteiger partial charge in [-0.05, 0) is 88.5 Å². The summed E-state index contributed by atoms with van der Waals surface area (Å²) in [6.07, 6.45) is 0.263. The van der Waals surface area contributed by atoms with Crippen LogP contribution in [0.15, 0.2) is 182 Å². The highest BCUT2D eigenvalue weighted by molar-refractivity contribution is 6.09. The lowest BCUT2D eigenvalue weighted by Crippen LogP contribution is -2.67. The van der Waals surface area contributed by atoms with Crippen molar-refractivity contribution in [3.8, 4) is 39.6 Å². The van der Waals surface area contributed by atoms with Crippen LogP contribution in [0.25, 0.3) is 49.9 Å². The summed E-state index contributed by atoms with van der Waals surface area (Å²) in [6.45, 7) is 15.8. The molecule has 63 heavy (non-hydrogen) atoms. The Bertz CT molecular complexity index is 3240. The van der Waals surface area contributed by atoms with Crippen molar-refractivity contribution in [3.05, 3.63) is 200 Å². The van der Waals surface area contributed by atoms with Crippen molar-refractivity contribution >= 4 is 44.6 Å². The molecule has 9 aromatic rings. The Morgan fingerprint density at radius 2 is 1.24 bits per heavy atom. The molecule has 0 saturated carbocycles. The van der Waals surface area contributed by atoms with Gasteiger partial charge in [0.15, 0.2) is 18.0 Å². The van der Waals surface area contributed by atoms with Crippen LogP contribution in [0, 0.1) is 12.1 Å². The number of hydrogen-bond donors (Lipinski definition) is 0. The van der Waals surface area contributed by atoms with Crippen LogP contribution in [0.4, 0.5) is 22.7 Å². The predicted molar refractivity (Wildman–Crippen MR) is 263 cm³/mol. The maximum absolute atomic E-state index is 9.82. The Balaban J connectivity index is 1.06. The fourth-order valence-electron chi connectivity index (χ4n) is 10.1. The average molecular weight is 824 g/mol. The van der Waals surface area contributed by atoms with Crippen molar-refractivity contribution in [1.29, 1.82) is 0 Å². The Morgan fingerprint density at radius 3 is 1.94 bits per heavy atom. The van der Waals surface area contributed by atoms with Crippen molar-refractivity contribution in [2.45, 2.75) is 53.3 Å². The van der Waals surface area contributed by atoms with Gasteiger partial charge in [-0.25, -0.2) is 4.98 Å². The predicted octanol–water partition coefficient (Wildman–Crippen LogP) is 15.6. The minimum Gasteiger partial charge on any atom is -0.457 e. The van der Waals surface area contributed by atoms with E-state index in [1.165, 1.54) is 5.56 Å². The molecule has 5 heterocycles. The maximum Gasteiger partial charge on any atom is 0.186 e. The van der Waals surface area contributed by atoms with E-state index in [0.717, 1.165) is 89.7 Å². The minimum atomic E-state index is -1.65. The summed E-state index contributed by atoms with van der Waals surface area (Å²) in [5, 5.41) is 2.30.